The van der Waals surface area contributed by atoms with Gasteiger partial charge in [0.1, 0.15) is 0 Å². The summed E-state index contributed by atoms with van der Waals surface area (Å²) in [6.45, 7) is 5.74. The van der Waals surface area contributed by atoms with E-state index < -0.39 is 5.97 Å². The van der Waals surface area contributed by atoms with Gasteiger partial charge in [0.2, 0.25) is 0 Å². The van der Waals surface area contributed by atoms with Gasteiger partial charge in [0, 0.05) is 4.90 Å². The third kappa shape index (κ3) is 6.27. The fraction of sp³-hybridized carbons (Fsp3) is 0.300. The largest absolute Gasteiger partial charge is 0.455 e. The van der Waals surface area contributed by atoms with Gasteiger partial charge in [0.05, 0.1) is 11.8 Å². The number of benzene rings is 2. The molecule has 0 aliphatic carbocycles. The first-order valence-electron chi connectivity index (χ1n) is 8.15. The van der Waals surface area contributed by atoms with Crippen LogP contribution in [0, 0.1) is 13.8 Å². The average molecular weight is 357 g/mol. The van der Waals surface area contributed by atoms with E-state index in [1.54, 1.807) is 0 Å². The van der Waals surface area contributed by atoms with E-state index in [0.29, 0.717) is 0 Å². The number of amides is 1. The van der Waals surface area contributed by atoms with Crippen LogP contribution >= 0.6 is 11.8 Å². The number of hydrogen-bond acceptors (Lipinski definition) is 4. The molecule has 0 saturated heterocycles. The minimum Gasteiger partial charge on any atom is -0.455 e. The average Bonchev–Trinajstić information content (AvgIpc) is 2.61. The lowest BCUT2D eigenvalue weighted by Crippen LogP contribution is -2.31. The summed E-state index contributed by atoms with van der Waals surface area (Å²) in [6, 6.07) is 15.6. The predicted molar refractivity (Wildman–Crippen MR) is 101 cm³/mol. The zero-order chi connectivity index (χ0) is 18.2. The van der Waals surface area contributed by atoms with Gasteiger partial charge in [-0.05, 0) is 49.6 Å². The molecule has 0 aromatic heterocycles. The quantitative estimate of drug-likeness (QED) is 0.605. The molecule has 0 aliphatic heterocycles. The summed E-state index contributed by atoms with van der Waals surface area (Å²) in [5.74, 6) is -0.518. The van der Waals surface area contributed by atoms with Crippen molar-refractivity contribution < 1.29 is 14.3 Å². The maximum atomic E-state index is 12.0. The fourth-order valence-corrected chi connectivity index (χ4v) is 2.96. The Morgan fingerprint density at radius 2 is 1.80 bits per heavy atom. The van der Waals surface area contributed by atoms with E-state index in [2.05, 4.69) is 18.3 Å². The molecule has 132 valence electrons. The Morgan fingerprint density at radius 3 is 2.48 bits per heavy atom. The van der Waals surface area contributed by atoms with Gasteiger partial charge in [-0.15, -0.1) is 11.8 Å². The molecule has 4 nitrogen and oxygen atoms in total. The van der Waals surface area contributed by atoms with Gasteiger partial charge >= 0.3 is 5.97 Å². The van der Waals surface area contributed by atoms with Gasteiger partial charge in [-0.3, -0.25) is 9.59 Å². The molecule has 2 aromatic carbocycles. The van der Waals surface area contributed by atoms with Crippen LogP contribution in [0.3, 0.4) is 0 Å². The van der Waals surface area contributed by atoms with E-state index >= 15 is 0 Å². The number of nitrogens with one attached hydrogen (secondary N) is 1. The Hall–Kier alpha value is -2.27. The summed E-state index contributed by atoms with van der Waals surface area (Å²) in [7, 11) is 0. The highest BCUT2D eigenvalue weighted by Gasteiger charge is 2.12. The van der Waals surface area contributed by atoms with Crippen molar-refractivity contribution in [1.82, 2.24) is 5.32 Å². The van der Waals surface area contributed by atoms with Crippen molar-refractivity contribution in [3.05, 3.63) is 65.2 Å². The molecule has 0 radical (unpaired) electrons. The molecule has 0 heterocycles. The molecule has 0 saturated carbocycles. The van der Waals surface area contributed by atoms with Gasteiger partial charge in [-0.25, -0.2) is 0 Å². The summed E-state index contributed by atoms with van der Waals surface area (Å²) >= 11 is 1.39. The Kier molecular flexibility index (Phi) is 7.07. The van der Waals surface area contributed by atoms with E-state index in [1.807, 2.05) is 56.3 Å². The lowest BCUT2D eigenvalue weighted by atomic mass is 10.0. The van der Waals surface area contributed by atoms with Crippen LogP contribution in [-0.4, -0.2) is 24.2 Å². The molecule has 2 aromatic rings. The molecule has 5 heteroatoms. The van der Waals surface area contributed by atoms with Crippen LogP contribution in [0.4, 0.5) is 0 Å². The van der Waals surface area contributed by atoms with Gasteiger partial charge in [-0.1, -0.05) is 36.4 Å². The molecule has 1 N–H and O–H groups in total. The zero-order valence-corrected chi connectivity index (χ0v) is 15.6. The molecule has 0 spiro atoms. The number of hydrogen-bond donors (Lipinski definition) is 1. The molecule has 25 heavy (non-hydrogen) atoms. The summed E-state index contributed by atoms with van der Waals surface area (Å²) in [5.41, 5.74) is 3.43. The van der Waals surface area contributed by atoms with Crippen LogP contribution in [0.15, 0.2) is 53.4 Å². The second-order valence-electron chi connectivity index (χ2n) is 5.90. The molecule has 2 rings (SSSR count). The molecule has 0 unspecified atom stereocenters. The number of aryl methyl sites for hydroxylation is 2. The second kappa shape index (κ2) is 9.28. The molecular formula is C20H23NO3S. The highest BCUT2D eigenvalue weighted by molar-refractivity contribution is 8.00. The number of carbonyl (C=O) groups excluding carboxylic acids is 2. The smallest absolute Gasteiger partial charge is 0.316 e. The van der Waals surface area contributed by atoms with Gasteiger partial charge in [0.15, 0.2) is 6.61 Å². The molecule has 0 bridgehead atoms. The van der Waals surface area contributed by atoms with E-state index in [-0.39, 0.29) is 24.3 Å². The standard InChI is InChI=1S/C20H23NO3S/c1-14-9-10-17(11-15(14)2)16(3)21-19(22)12-24-20(23)13-25-18-7-5-4-6-8-18/h4-11,16H,12-13H2,1-3H3,(H,21,22)/t16-/m0/s1. The normalized spacial score (nSPS) is 11.6. The van der Waals surface area contributed by atoms with Crippen molar-refractivity contribution in [2.45, 2.75) is 31.7 Å². The first-order valence-corrected chi connectivity index (χ1v) is 9.14. The van der Waals surface area contributed by atoms with E-state index in [9.17, 15) is 9.59 Å². The summed E-state index contributed by atoms with van der Waals surface area (Å²) in [4.78, 5) is 24.7. The first-order chi connectivity index (χ1) is 12.0. The van der Waals surface area contributed by atoms with E-state index in [0.717, 1.165) is 10.5 Å². The number of thioether (sulfide) groups is 1. The Morgan fingerprint density at radius 1 is 1.08 bits per heavy atom. The van der Waals surface area contributed by atoms with Crippen molar-refractivity contribution in [2.24, 2.45) is 0 Å². The van der Waals surface area contributed by atoms with Crippen molar-refractivity contribution >= 4 is 23.6 Å². The third-order valence-electron chi connectivity index (χ3n) is 3.87. The van der Waals surface area contributed by atoms with Crippen LogP contribution in [0.25, 0.3) is 0 Å². The topological polar surface area (TPSA) is 55.4 Å². The van der Waals surface area contributed by atoms with Crippen molar-refractivity contribution in [1.29, 1.82) is 0 Å². The molecule has 1 amide bonds. The SMILES string of the molecule is Cc1ccc([C@H](C)NC(=O)COC(=O)CSc2ccccc2)cc1C. The highest BCUT2D eigenvalue weighted by Crippen LogP contribution is 2.17. The monoisotopic (exact) mass is 357 g/mol. The Bertz CT molecular complexity index is 731. The first kappa shape index (κ1) is 19.1. The minimum absolute atomic E-state index is 0.135. The van der Waals surface area contributed by atoms with E-state index in [4.69, 9.17) is 4.74 Å². The summed E-state index contributed by atoms with van der Waals surface area (Å²) < 4.78 is 5.03. The van der Waals surface area contributed by atoms with Crippen molar-refractivity contribution in [3.63, 3.8) is 0 Å². The summed E-state index contributed by atoms with van der Waals surface area (Å²) in [6.07, 6.45) is 0. The summed E-state index contributed by atoms with van der Waals surface area (Å²) in [5, 5.41) is 2.85. The van der Waals surface area contributed by atoms with Gasteiger partial charge in [0.25, 0.3) is 5.91 Å². The van der Waals surface area contributed by atoms with Crippen LogP contribution in [0.5, 0.6) is 0 Å². The predicted octanol–water partition coefficient (Wildman–Crippen LogP) is 3.82. The van der Waals surface area contributed by atoms with Crippen LogP contribution < -0.4 is 5.32 Å². The van der Waals surface area contributed by atoms with Crippen LogP contribution in [-0.2, 0) is 14.3 Å². The second-order valence-corrected chi connectivity index (χ2v) is 6.94. The maximum Gasteiger partial charge on any atom is 0.316 e. The van der Waals surface area contributed by atoms with E-state index in [1.165, 1.54) is 22.9 Å². The van der Waals surface area contributed by atoms with Crippen LogP contribution in [0.1, 0.15) is 29.7 Å². The van der Waals surface area contributed by atoms with Gasteiger partial charge in [-0.2, -0.15) is 0 Å². The minimum atomic E-state index is -0.400. The Balaban J connectivity index is 1.74. The lowest BCUT2D eigenvalue weighted by Gasteiger charge is -2.15. The molecule has 0 aliphatic rings. The number of ether oxygens (including phenoxy) is 1. The zero-order valence-electron chi connectivity index (χ0n) is 14.7. The number of carbonyl (C=O) groups is 2. The molecular weight excluding hydrogens is 334 g/mol. The van der Waals surface area contributed by atoms with Crippen molar-refractivity contribution in [2.75, 3.05) is 12.4 Å². The van der Waals surface area contributed by atoms with Crippen molar-refractivity contribution in [3.8, 4) is 0 Å². The molecule has 1 atom stereocenters. The number of esters is 1. The molecule has 0 fully saturated rings. The third-order valence-corrected chi connectivity index (χ3v) is 4.86. The van der Waals surface area contributed by atoms with Gasteiger partial charge < -0.3 is 10.1 Å². The van der Waals surface area contributed by atoms with Crippen LogP contribution in [0.2, 0.25) is 0 Å². The maximum absolute atomic E-state index is 12.0. The Labute approximate surface area is 153 Å². The highest BCUT2D eigenvalue weighted by atomic mass is 32.2. The lowest BCUT2D eigenvalue weighted by molar-refractivity contribution is -0.146. The fourth-order valence-electron chi connectivity index (χ4n) is 2.25. The number of rotatable bonds is 7.